The number of amides is 3. The molecule has 21 heavy (non-hydrogen) atoms. The van der Waals surface area contributed by atoms with Gasteiger partial charge in [0.1, 0.15) is 5.54 Å². The summed E-state index contributed by atoms with van der Waals surface area (Å²) in [4.78, 5) is 26.3. The predicted octanol–water partition coefficient (Wildman–Crippen LogP) is 3.39. The van der Waals surface area contributed by atoms with Crippen LogP contribution < -0.4 is 5.32 Å². The quantitative estimate of drug-likeness (QED) is 0.816. The summed E-state index contributed by atoms with van der Waals surface area (Å²) < 4.78 is 0. The molecule has 0 saturated carbocycles. The highest BCUT2D eigenvalue weighted by Gasteiger charge is 2.49. The molecule has 4 heteroatoms. The van der Waals surface area contributed by atoms with Crippen molar-refractivity contribution in [3.8, 4) is 0 Å². The third-order valence-electron chi connectivity index (χ3n) is 4.06. The zero-order valence-corrected chi connectivity index (χ0v) is 13.1. The van der Waals surface area contributed by atoms with E-state index in [9.17, 15) is 9.59 Å². The van der Waals surface area contributed by atoms with Crippen molar-refractivity contribution in [2.24, 2.45) is 0 Å². The van der Waals surface area contributed by atoms with E-state index in [1.807, 2.05) is 45.0 Å². The molecule has 0 atom stereocenters. The molecule has 1 fully saturated rings. The molecule has 0 unspecified atom stereocenters. The first-order valence-corrected chi connectivity index (χ1v) is 7.72. The Morgan fingerprint density at radius 3 is 2.14 bits per heavy atom. The molecule has 1 N–H and O–H groups in total. The lowest BCUT2D eigenvalue weighted by Gasteiger charge is -2.25. The summed E-state index contributed by atoms with van der Waals surface area (Å²) in [6.45, 7) is 6.45. The smallest absolute Gasteiger partial charge is 0.323 e. The summed E-state index contributed by atoms with van der Waals surface area (Å²) in [6, 6.07) is 7.67. The van der Waals surface area contributed by atoms with Crippen molar-refractivity contribution in [1.82, 2.24) is 10.2 Å². The number of benzene rings is 1. The number of rotatable bonds is 6. The number of nitrogens with one attached hydrogen (secondary N) is 1. The van der Waals surface area contributed by atoms with Gasteiger partial charge >= 0.3 is 6.03 Å². The van der Waals surface area contributed by atoms with Gasteiger partial charge in [-0.25, -0.2) is 4.79 Å². The third kappa shape index (κ3) is 3.09. The average molecular weight is 288 g/mol. The molecule has 0 aliphatic carbocycles. The van der Waals surface area contributed by atoms with E-state index in [0.717, 1.165) is 18.4 Å². The lowest BCUT2D eigenvalue weighted by Crippen LogP contribution is -2.46. The van der Waals surface area contributed by atoms with Gasteiger partial charge in [-0.05, 0) is 25.3 Å². The maximum absolute atomic E-state index is 12.7. The molecule has 4 nitrogen and oxygen atoms in total. The Bertz CT molecular complexity index is 516. The summed E-state index contributed by atoms with van der Waals surface area (Å²) >= 11 is 0. The molecule has 0 aromatic heterocycles. The fraction of sp³-hybridized carbons (Fsp3) is 0.529. The van der Waals surface area contributed by atoms with Crippen LogP contribution in [0.5, 0.6) is 0 Å². The van der Waals surface area contributed by atoms with Gasteiger partial charge in [0.2, 0.25) is 0 Å². The van der Waals surface area contributed by atoms with Crippen molar-refractivity contribution in [1.29, 1.82) is 0 Å². The molecule has 1 aromatic rings. The van der Waals surface area contributed by atoms with E-state index >= 15 is 0 Å². The van der Waals surface area contributed by atoms with Crippen LogP contribution in [0.1, 0.15) is 50.7 Å². The second kappa shape index (κ2) is 6.29. The van der Waals surface area contributed by atoms with Crippen molar-refractivity contribution < 1.29 is 9.59 Å². The Kier molecular flexibility index (Phi) is 4.66. The van der Waals surface area contributed by atoms with Gasteiger partial charge in [0.05, 0.1) is 6.54 Å². The second-order valence-corrected chi connectivity index (χ2v) is 5.89. The Hall–Kier alpha value is -1.84. The SMILES string of the molecule is CCCC1(CCC)NC(=O)N(Cc2ccc(C)cc2)C1=O. The Morgan fingerprint density at radius 1 is 1.05 bits per heavy atom. The number of carbonyl (C=O) groups is 2. The van der Waals surface area contributed by atoms with E-state index in [0.29, 0.717) is 19.4 Å². The first kappa shape index (κ1) is 15.5. The number of nitrogens with zero attached hydrogens (tertiary/aromatic N) is 1. The van der Waals surface area contributed by atoms with Gasteiger partial charge in [-0.15, -0.1) is 0 Å². The first-order valence-electron chi connectivity index (χ1n) is 7.72. The van der Waals surface area contributed by atoms with Gasteiger partial charge in [-0.1, -0.05) is 56.5 Å². The maximum atomic E-state index is 12.7. The van der Waals surface area contributed by atoms with Crippen LogP contribution in [0.4, 0.5) is 4.79 Å². The molecule has 1 aromatic carbocycles. The van der Waals surface area contributed by atoms with Crippen LogP contribution in [0.25, 0.3) is 0 Å². The van der Waals surface area contributed by atoms with Gasteiger partial charge in [0.15, 0.2) is 0 Å². The highest BCUT2D eigenvalue weighted by atomic mass is 16.2. The molecule has 1 saturated heterocycles. The van der Waals surface area contributed by atoms with Gasteiger partial charge in [0.25, 0.3) is 5.91 Å². The number of carbonyl (C=O) groups excluding carboxylic acids is 2. The molecule has 1 aliphatic rings. The van der Waals surface area contributed by atoms with Crippen LogP contribution in [-0.2, 0) is 11.3 Å². The van der Waals surface area contributed by atoms with Gasteiger partial charge < -0.3 is 5.32 Å². The molecule has 0 bridgehead atoms. The molecule has 0 spiro atoms. The van der Waals surface area contributed by atoms with Crippen LogP contribution in [0.15, 0.2) is 24.3 Å². The van der Waals surface area contributed by atoms with E-state index in [1.165, 1.54) is 10.5 Å². The number of urea groups is 1. The van der Waals surface area contributed by atoms with Crippen LogP contribution >= 0.6 is 0 Å². The standard InChI is InChI=1S/C17H24N2O2/c1-4-10-17(11-5-2)15(20)19(16(21)18-17)12-14-8-6-13(3)7-9-14/h6-9H,4-5,10-12H2,1-3H3,(H,18,21). The minimum Gasteiger partial charge on any atom is -0.323 e. The molecule has 0 radical (unpaired) electrons. The Morgan fingerprint density at radius 2 is 1.62 bits per heavy atom. The zero-order chi connectivity index (χ0) is 15.5. The number of imide groups is 1. The minimum absolute atomic E-state index is 0.0724. The summed E-state index contributed by atoms with van der Waals surface area (Å²) in [5.41, 5.74) is 1.46. The van der Waals surface area contributed by atoms with Gasteiger partial charge in [-0.2, -0.15) is 0 Å². The van der Waals surface area contributed by atoms with E-state index in [2.05, 4.69) is 5.32 Å². The normalized spacial score (nSPS) is 17.2. The molecule has 2 rings (SSSR count). The van der Waals surface area contributed by atoms with Crippen molar-refractivity contribution in [3.05, 3.63) is 35.4 Å². The number of hydrogen-bond donors (Lipinski definition) is 1. The number of hydrogen-bond acceptors (Lipinski definition) is 2. The topological polar surface area (TPSA) is 49.4 Å². The van der Waals surface area contributed by atoms with Crippen molar-refractivity contribution in [3.63, 3.8) is 0 Å². The molecule has 3 amide bonds. The van der Waals surface area contributed by atoms with Gasteiger partial charge in [0, 0.05) is 0 Å². The van der Waals surface area contributed by atoms with Crippen molar-refractivity contribution >= 4 is 11.9 Å². The van der Waals surface area contributed by atoms with Crippen LogP contribution in [0, 0.1) is 6.92 Å². The van der Waals surface area contributed by atoms with Gasteiger partial charge in [-0.3, -0.25) is 9.69 Å². The summed E-state index contributed by atoms with van der Waals surface area (Å²) in [5.74, 6) is -0.0724. The summed E-state index contributed by atoms with van der Waals surface area (Å²) in [7, 11) is 0. The summed E-state index contributed by atoms with van der Waals surface area (Å²) in [6.07, 6.45) is 3.17. The largest absolute Gasteiger partial charge is 0.325 e. The summed E-state index contributed by atoms with van der Waals surface area (Å²) in [5, 5.41) is 2.94. The fourth-order valence-corrected chi connectivity index (χ4v) is 3.01. The number of aryl methyl sites for hydroxylation is 1. The van der Waals surface area contributed by atoms with Crippen LogP contribution in [-0.4, -0.2) is 22.4 Å². The minimum atomic E-state index is -0.689. The third-order valence-corrected chi connectivity index (χ3v) is 4.06. The Labute approximate surface area is 126 Å². The lowest BCUT2D eigenvalue weighted by molar-refractivity contribution is -0.132. The molecule has 114 valence electrons. The molecule has 1 heterocycles. The Balaban J connectivity index is 2.19. The predicted molar refractivity (Wildman–Crippen MR) is 82.8 cm³/mol. The van der Waals surface area contributed by atoms with Crippen LogP contribution in [0.2, 0.25) is 0 Å². The van der Waals surface area contributed by atoms with Crippen LogP contribution in [0.3, 0.4) is 0 Å². The molecule has 1 aliphatic heterocycles. The fourth-order valence-electron chi connectivity index (χ4n) is 3.01. The molecular weight excluding hydrogens is 264 g/mol. The van der Waals surface area contributed by atoms with Crippen molar-refractivity contribution in [2.75, 3.05) is 0 Å². The highest BCUT2D eigenvalue weighted by Crippen LogP contribution is 2.29. The first-order chi connectivity index (χ1) is 10.0. The average Bonchev–Trinajstić information content (AvgIpc) is 2.67. The second-order valence-electron chi connectivity index (χ2n) is 5.89. The lowest BCUT2D eigenvalue weighted by atomic mass is 9.88. The molecular formula is C17H24N2O2. The zero-order valence-electron chi connectivity index (χ0n) is 13.1. The van der Waals surface area contributed by atoms with E-state index < -0.39 is 5.54 Å². The van der Waals surface area contributed by atoms with E-state index in [-0.39, 0.29) is 11.9 Å². The highest BCUT2D eigenvalue weighted by molar-refractivity contribution is 6.06. The monoisotopic (exact) mass is 288 g/mol. The maximum Gasteiger partial charge on any atom is 0.325 e. The van der Waals surface area contributed by atoms with Crippen molar-refractivity contribution in [2.45, 2.75) is 58.5 Å². The van der Waals surface area contributed by atoms with E-state index in [1.54, 1.807) is 0 Å². The van der Waals surface area contributed by atoms with E-state index in [4.69, 9.17) is 0 Å².